The number of ether oxygens (including phenoxy) is 2. The van der Waals surface area contributed by atoms with E-state index in [9.17, 15) is 4.79 Å². The van der Waals surface area contributed by atoms with Crippen LogP contribution in [0.4, 0.5) is 0 Å². The Morgan fingerprint density at radius 3 is 2.42 bits per heavy atom. The maximum Gasteiger partial charge on any atom is 0.271 e. The first-order valence-electron chi connectivity index (χ1n) is 11.6. The quantitative estimate of drug-likeness (QED) is 0.217. The highest BCUT2D eigenvalue weighted by Crippen LogP contribution is 2.36. The topological polar surface area (TPSA) is 64.8 Å². The van der Waals surface area contributed by atoms with Crippen LogP contribution in [0.3, 0.4) is 0 Å². The van der Waals surface area contributed by atoms with Crippen molar-refractivity contribution in [3.63, 3.8) is 0 Å². The van der Waals surface area contributed by atoms with Gasteiger partial charge in [0.25, 0.3) is 5.91 Å². The molecule has 1 amide bonds. The van der Waals surface area contributed by atoms with Gasteiger partial charge in [0.15, 0.2) is 11.5 Å². The largest absolute Gasteiger partial charge is 0.493 e. The van der Waals surface area contributed by atoms with Gasteiger partial charge in [-0.2, -0.15) is 5.10 Å². The highest BCUT2D eigenvalue weighted by atomic mass is 35.5. The molecule has 4 rings (SSSR count). The van der Waals surface area contributed by atoms with Crippen LogP contribution in [0, 0.1) is 6.92 Å². The third-order valence-corrected chi connectivity index (χ3v) is 5.80. The van der Waals surface area contributed by atoms with Gasteiger partial charge in [-0.05, 0) is 80.4 Å². The summed E-state index contributed by atoms with van der Waals surface area (Å²) in [6.07, 6.45) is 1.46. The van der Waals surface area contributed by atoms with Crippen LogP contribution in [-0.4, -0.2) is 29.9 Å². The van der Waals surface area contributed by atoms with Gasteiger partial charge in [-0.25, -0.2) is 5.43 Å². The highest BCUT2D eigenvalue weighted by molar-refractivity contribution is 6.32. The predicted molar refractivity (Wildman–Crippen MR) is 145 cm³/mol. The lowest BCUT2D eigenvalue weighted by atomic mass is 10.1. The van der Waals surface area contributed by atoms with E-state index in [-0.39, 0.29) is 12.0 Å². The first kappa shape index (κ1) is 25.1. The first-order valence-corrected chi connectivity index (χ1v) is 12.0. The van der Waals surface area contributed by atoms with Crippen LogP contribution in [0.1, 0.15) is 35.5 Å². The Morgan fingerprint density at radius 1 is 1.03 bits per heavy atom. The van der Waals surface area contributed by atoms with Gasteiger partial charge in [0, 0.05) is 16.9 Å². The molecule has 0 bridgehead atoms. The maximum atomic E-state index is 12.7. The van der Waals surface area contributed by atoms with Gasteiger partial charge < -0.3 is 14.0 Å². The molecule has 0 fully saturated rings. The second kappa shape index (κ2) is 11.1. The van der Waals surface area contributed by atoms with E-state index in [1.54, 1.807) is 31.4 Å². The van der Waals surface area contributed by atoms with E-state index in [4.69, 9.17) is 21.1 Å². The SMILES string of the molecule is COc1cc(/C=N/NC(=O)c2ccc(-n3c(C)ccc3-c3ccccc3)cc2)cc(Cl)c1OC(C)C. The molecule has 0 saturated carbocycles. The Hall–Kier alpha value is -4.03. The molecule has 0 saturated heterocycles. The van der Waals surface area contributed by atoms with Crippen molar-refractivity contribution in [2.45, 2.75) is 26.9 Å². The van der Waals surface area contributed by atoms with E-state index < -0.39 is 0 Å². The molecule has 1 aromatic heterocycles. The molecule has 0 aliphatic rings. The number of hydrogen-bond donors (Lipinski definition) is 1. The average molecular weight is 502 g/mol. The molecule has 184 valence electrons. The van der Waals surface area contributed by atoms with Gasteiger partial charge in [-0.15, -0.1) is 0 Å². The molecule has 4 aromatic rings. The Bertz CT molecular complexity index is 1380. The van der Waals surface area contributed by atoms with Gasteiger partial charge in [-0.3, -0.25) is 4.79 Å². The van der Waals surface area contributed by atoms with Crippen molar-refractivity contribution >= 4 is 23.7 Å². The number of halogens is 1. The number of rotatable bonds is 8. The summed E-state index contributed by atoms with van der Waals surface area (Å²) in [6, 6.07) is 25.3. The standard InChI is InChI=1S/C29H28ClN3O3/c1-19(2)36-28-25(30)16-21(17-27(28)35-4)18-31-32-29(34)23-11-13-24(14-12-23)33-20(3)10-15-26(33)22-8-6-5-7-9-22/h5-19H,1-4H3,(H,32,34)/b31-18+. The van der Waals surface area contributed by atoms with Crippen LogP contribution >= 0.6 is 11.6 Å². The normalized spacial score (nSPS) is 11.2. The molecule has 0 atom stereocenters. The van der Waals surface area contributed by atoms with E-state index in [1.807, 2.05) is 44.2 Å². The summed E-state index contributed by atoms with van der Waals surface area (Å²) in [5, 5.41) is 4.48. The fourth-order valence-electron chi connectivity index (χ4n) is 3.87. The summed E-state index contributed by atoms with van der Waals surface area (Å²) in [5.74, 6) is 0.654. The van der Waals surface area contributed by atoms with E-state index in [1.165, 1.54) is 6.21 Å². The number of nitrogens with zero attached hydrogens (tertiary/aromatic N) is 2. The molecule has 7 heteroatoms. The smallest absolute Gasteiger partial charge is 0.271 e. The fraction of sp³-hybridized carbons (Fsp3) is 0.172. The van der Waals surface area contributed by atoms with Gasteiger partial charge >= 0.3 is 0 Å². The number of methoxy groups -OCH3 is 1. The number of hydrogen-bond acceptors (Lipinski definition) is 4. The summed E-state index contributed by atoms with van der Waals surface area (Å²) in [7, 11) is 1.54. The summed E-state index contributed by atoms with van der Waals surface area (Å²) >= 11 is 6.36. The molecular weight excluding hydrogens is 474 g/mol. The number of amides is 1. The van der Waals surface area contributed by atoms with Crippen LogP contribution < -0.4 is 14.9 Å². The van der Waals surface area contributed by atoms with Gasteiger partial charge in [0.1, 0.15) is 0 Å². The number of carbonyl (C=O) groups is 1. The first-order chi connectivity index (χ1) is 17.4. The van der Waals surface area contributed by atoms with Crippen molar-refractivity contribution in [1.29, 1.82) is 0 Å². The van der Waals surface area contributed by atoms with Crippen molar-refractivity contribution in [2.75, 3.05) is 7.11 Å². The molecule has 0 aliphatic heterocycles. The summed E-state index contributed by atoms with van der Waals surface area (Å²) in [4.78, 5) is 12.7. The number of carbonyl (C=O) groups excluding carboxylic acids is 1. The van der Waals surface area contributed by atoms with Crippen molar-refractivity contribution in [3.05, 3.63) is 101 Å². The van der Waals surface area contributed by atoms with Gasteiger partial charge in [0.05, 0.1) is 30.1 Å². The molecule has 1 N–H and O–H groups in total. The molecule has 1 heterocycles. The van der Waals surface area contributed by atoms with E-state index in [2.05, 4.69) is 46.3 Å². The van der Waals surface area contributed by atoms with Crippen LogP contribution in [-0.2, 0) is 0 Å². The van der Waals surface area contributed by atoms with E-state index in [0.29, 0.717) is 27.6 Å². The van der Waals surface area contributed by atoms with Crippen LogP contribution in [0.15, 0.2) is 84.0 Å². The second-order valence-corrected chi connectivity index (χ2v) is 8.92. The monoisotopic (exact) mass is 501 g/mol. The Balaban J connectivity index is 1.47. The number of aromatic nitrogens is 1. The molecule has 3 aromatic carbocycles. The third kappa shape index (κ3) is 5.61. The molecule has 36 heavy (non-hydrogen) atoms. The minimum absolute atomic E-state index is 0.0482. The van der Waals surface area contributed by atoms with Crippen LogP contribution in [0.2, 0.25) is 5.02 Å². The van der Waals surface area contributed by atoms with Gasteiger partial charge in [-0.1, -0.05) is 41.9 Å². The highest BCUT2D eigenvalue weighted by Gasteiger charge is 2.14. The number of aryl methyl sites for hydroxylation is 1. The van der Waals surface area contributed by atoms with Crippen LogP contribution in [0.5, 0.6) is 11.5 Å². The average Bonchev–Trinajstić information content (AvgIpc) is 3.27. The molecular formula is C29H28ClN3O3. The Morgan fingerprint density at radius 2 is 1.75 bits per heavy atom. The zero-order valence-corrected chi connectivity index (χ0v) is 21.4. The summed E-state index contributed by atoms with van der Waals surface area (Å²) in [6.45, 7) is 5.88. The van der Waals surface area contributed by atoms with Crippen molar-refractivity contribution in [2.24, 2.45) is 5.10 Å². The van der Waals surface area contributed by atoms with Gasteiger partial charge in [0.2, 0.25) is 0 Å². The summed E-state index contributed by atoms with van der Waals surface area (Å²) < 4.78 is 13.3. The van der Waals surface area contributed by atoms with Crippen molar-refractivity contribution in [1.82, 2.24) is 9.99 Å². The molecule has 0 spiro atoms. The lowest BCUT2D eigenvalue weighted by molar-refractivity contribution is 0.0955. The molecule has 6 nitrogen and oxygen atoms in total. The predicted octanol–water partition coefficient (Wildman–Crippen LogP) is 6.67. The minimum atomic E-state index is -0.317. The lowest BCUT2D eigenvalue weighted by Crippen LogP contribution is -2.17. The number of benzene rings is 3. The number of hydrazone groups is 1. The Kier molecular flexibility index (Phi) is 7.76. The van der Waals surface area contributed by atoms with Crippen LogP contribution in [0.25, 0.3) is 16.9 Å². The zero-order chi connectivity index (χ0) is 25.7. The lowest BCUT2D eigenvalue weighted by Gasteiger charge is -2.15. The third-order valence-electron chi connectivity index (χ3n) is 5.52. The molecule has 0 radical (unpaired) electrons. The van der Waals surface area contributed by atoms with E-state index >= 15 is 0 Å². The Labute approximate surface area is 216 Å². The van der Waals surface area contributed by atoms with E-state index in [0.717, 1.165) is 22.6 Å². The summed E-state index contributed by atoms with van der Waals surface area (Å²) in [5.41, 5.74) is 8.03. The maximum absolute atomic E-state index is 12.7. The second-order valence-electron chi connectivity index (χ2n) is 8.51. The molecule has 0 unspecified atom stereocenters. The van der Waals surface area contributed by atoms with Crippen molar-refractivity contribution in [3.8, 4) is 28.4 Å². The fourth-order valence-corrected chi connectivity index (χ4v) is 4.14. The number of nitrogens with one attached hydrogen (secondary N) is 1. The zero-order valence-electron chi connectivity index (χ0n) is 20.7. The van der Waals surface area contributed by atoms with Crippen molar-refractivity contribution < 1.29 is 14.3 Å². The molecule has 0 aliphatic carbocycles. The minimum Gasteiger partial charge on any atom is -0.493 e.